The number of fused-ring (bicyclic) bond motifs is 1. The highest BCUT2D eigenvalue weighted by Gasteiger charge is 2.38. The minimum Gasteiger partial charge on any atom is -0.475 e. The third-order valence-corrected chi connectivity index (χ3v) is 6.68. The second kappa shape index (κ2) is 15.3. The molecule has 4 aromatic rings. The summed E-state index contributed by atoms with van der Waals surface area (Å²) in [6.07, 6.45) is -2.29. The van der Waals surface area contributed by atoms with Crippen LogP contribution in [0.15, 0.2) is 67.3 Å². The van der Waals surface area contributed by atoms with Crippen molar-refractivity contribution in [2.24, 2.45) is 7.05 Å². The third-order valence-electron chi connectivity index (χ3n) is 6.68. The van der Waals surface area contributed by atoms with Crippen LogP contribution in [0.3, 0.4) is 0 Å². The van der Waals surface area contributed by atoms with Gasteiger partial charge in [-0.2, -0.15) is 26.3 Å². The van der Waals surface area contributed by atoms with E-state index in [4.69, 9.17) is 24.8 Å². The summed E-state index contributed by atoms with van der Waals surface area (Å²) in [7, 11) is 2.05. The molecule has 16 heteroatoms. The van der Waals surface area contributed by atoms with Gasteiger partial charge in [0.15, 0.2) is 5.82 Å². The number of aromatic nitrogens is 4. The van der Waals surface area contributed by atoms with Crippen molar-refractivity contribution in [3.8, 4) is 0 Å². The monoisotopic (exact) mass is 640 g/mol. The lowest BCUT2D eigenvalue weighted by Crippen LogP contribution is -2.32. The first-order chi connectivity index (χ1) is 21.1. The van der Waals surface area contributed by atoms with E-state index in [9.17, 15) is 26.3 Å². The number of nitrogens with zero attached hydrogens (tertiary/aromatic N) is 5. The van der Waals surface area contributed by atoms with Crippen molar-refractivity contribution in [2.75, 3.05) is 18.4 Å². The van der Waals surface area contributed by atoms with Gasteiger partial charge in [-0.1, -0.05) is 30.3 Å². The molecule has 45 heavy (non-hydrogen) atoms. The van der Waals surface area contributed by atoms with Gasteiger partial charge in [0.05, 0.1) is 11.8 Å². The fourth-order valence-electron chi connectivity index (χ4n) is 4.39. The number of benzene rings is 1. The number of carboxylic acids is 2. The van der Waals surface area contributed by atoms with Gasteiger partial charge in [-0.3, -0.25) is 9.88 Å². The lowest BCUT2D eigenvalue weighted by atomic mass is 9.92. The van der Waals surface area contributed by atoms with Crippen molar-refractivity contribution < 1.29 is 46.1 Å². The maximum absolute atomic E-state index is 10.6. The number of piperidine rings is 1. The summed E-state index contributed by atoms with van der Waals surface area (Å²) >= 11 is 0. The molecule has 0 aliphatic carbocycles. The van der Waals surface area contributed by atoms with Crippen LogP contribution in [0.4, 0.5) is 32.2 Å². The van der Waals surface area contributed by atoms with Crippen LogP contribution in [0.25, 0.3) is 11.0 Å². The number of aryl methyl sites for hydroxylation is 1. The third kappa shape index (κ3) is 10.7. The number of hydrogen-bond donors (Lipinski definition) is 3. The van der Waals surface area contributed by atoms with E-state index in [1.807, 2.05) is 24.8 Å². The molecular weight excluding hydrogens is 610 g/mol. The second-order valence-corrected chi connectivity index (χ2v) is 9.97. The standard InChI is InChI=1S/C25H28N6.2C2HF3O2/c1-30-18-28-24-23(30)15-22(29-25(24)27-16-19-5-3-2-4-6-19)21-9-13-31(14-10-21)17-20-7-11-26-12-8-20;2*3-2(4,5)1(6)7/h2-8,11-12,15,18,21H,9-10,13-14,16-17H2,1H3,(H,27,29);2*(H,6,7). The molecule has 1 saturated heterocycles. The number of nitrogens with one attached hydrogen (secondary N) is 1. The molecule has 1 aromatic carbocycles. The lowest BCUT2D eigenvalue weighted by Gasteiger charge is -2.32. The summed E-state index contributed by atoms with van der Waals surface area (Å²) in [5, 5.41) is 17.8. The molecule has 4 heterocycles. The first-order valence-electron chi connectivity index (χ1n) is 13.5. The van der Waals surface area contributed by atoms with Gasteiger partial charge in [-0.15, -0.1) is 0 Å². The van der Waals surface area contributed by atoms with E-state index in [1.165, 1.54) is 16.8 Å². The lowest BCUT2D eigenvalue weighted by molar-refractivity contribution is -0.193. The average molecular weight is 641 g/mol. The van der Waals surface area contributed by atoms with Crippen LogP contribution in [0.2, 0.25) is 0 Å². The molecule has 0 radical (unpaired) electrons. The van der Waals surface area contributed by atoms with E-state index in [1.54, 1.807) is 0 Å². The Morgan fingerprint density at radius 3 is 2.00 bits per heavy atom. The van der Waals surface area contributed by atoms with E-state index >= 15 is 0 Å². The molecule has 0 unspecified atom stereocenters. The Morgan fingerprint density at radius 1 is 0.911 bits per heavy atom. The molecule has 0 atom stereocenters. The Kier molecular flexibility index (Phi) is 11.8. The quantitative estimate of drug-likeness (QED) is 0.230. The number of halogens is 6. The highest BCUT2D eigenvalue weighted by molar-refractivity contribution is 5.86. The van der Waals surface area contributed by atoms with Gasteiger partial charge in [-0.05, 0) is 55.3 Å². The van der Waals surface area contributed by atoms with Crippen LogP contribution in [0.1, 0.15) is 35.6 Å². The Labute approximate surface area is 253 Å². The van der Waals surface area contributed by atoms with E-state index in [0.29, 0.717) is 5.92 Å². The zero-order valence-electron chi connectivity index (χ0n) is 23.9. The Hall–Kier alpha value is -4.73. The maximum atomic E-state index is 10.6. The van der Waals surface area contributed by atoms with Gasteiger partial charge < -0.3 is 20.1 Å². The summed E-state index contributed by atoms with van der Waals surface area (Å²) < 4.78 is 65.6. The normalized spacial score (nSPS) is 14.1. The largest absolute Gasteiger partial charge is 0.490 e. The summed E-state index contributed by atoms with van der Waals surface area (Å²) in [6, 6.07) is 16.9. The Balaban J connectivity index is 0.000000331. The average Bonchev–Trinajstić information content (AvgIpc) is 3.37. The number of rotatable bonds is 6. The zero-order valence-corrected chi connectivity index (χ0v) is 23.9. The highest BCUT2D eigenvalue weighted by Crippen LogP contribution is 2.31. The van der Waals surface area contributed by atoms with E-state index in [-0.39, 0.29) is 0 Å². The molecule has 1 fully saturated rings. The van der Waals surface area contributed by atoms with Crippen molar-refractivity contribution in [1.29, 1.82) is 0 Å². The molecule has 10 nitrogen and oxygen atoms in total. The number of hydrogen-bond acceptors (Lipinski definition) is 7. The van der Waals surface area contributed by atoms with Crippen molar-refractivity contribution in [1.82, 2.24) is 24.4 Å². The maximum Gasteiger partial charge on any atom is 0.490 e. The molecule has 0 spiro atoms. The first kappa shape index (κ1) is 34.8. The molecular formula is C29H30F6N6O4. The molecule has 0 saturated carbocycles. The molecule has 3 N–H and O–H groups in total. The number of imidazole rings is 1. The number of carbonyl (C=O) groups is 2. The molecule has 242 valence electrons. The smallest absolute Gasteiger partial charge is 0.475 e. The van der Waals surface area contributed by atoms with Crippen LogP contribution in [-0.4, -0.2) is 72.0 Å². The van der Waals surface area contributed by atoms with Crippen LogP contribution in [0, 0.1) is 0 Å². The number of anilines is 1. The first-order valence-corrected chi connectivity index (χ1v) is 13.5. The van der Waals surface area contributed by atoms with Gasteiger partial charge in [0.1, 0.15) is 5.52 Å². The van der Waals surface area contributed by atoms with Crippen molar-refractivity contribution >= 4 is 28.8 Å². The molecule has 1 aliphatic rings. The number of aliphatic carboxylic acids is 2. The molecule has 1 aliphatic heterocycles. The fraction of sp³-hybridized carbons (Fsp3) is 0.345. The molecule has 0 bridgehead atoms. The minimum atomic E-state index is -5.08. The summed E-state index contributed by atoms with van der Waals surface area (Å²) in [4.78, 5) is 34.1. The zero-order chi connectivity index (χ0) is 33.2. The number of likely N-dealkylation sites (tertiary alicyclic amines) is 1. The second-order valence-electron chi connectivity index (χ2n) is 9.97. The number of carboxylic acid groups (broad SMARTS) is 2. The summed E-state index contributed by atoms with van der Waals surface area (Å²) in [5.74, 6) is -4.15. The van der Waals surface area contributed by atoms with Crippen molar-refractivity contribution in [3.63, 3.8) is 0 Å². The topological polar surface area (TPSA) is 133 Å². The van der Waals surface area contributed by atoms with Crippen LogP contribution < -0.4 is 5.32 Å². The number of alkyl halides is 6. The van der Waals surface area contributed by atoms with E-state index in [2.05, 4.69) is 74.3 Å². The van der Waals surface area contributed by atoms with Crippen LogP contribution in [-0.2, 0) is 29.7 Å². The van der Waals surface area contributed by atoms with Crippen molar-refractivity contribution in [2.45, 2.75) is 44.2 Å². The summed E-state index contributed by atoms with van der Waals surface area (Å²) in [5.41, 5.74) is 5.82. The predicted molar refractivity (Wildman–Crippen MR) is 151 cm³/mol. The van der Waals surface area contributed by atoms with Crippen molar-refractivity contribution in [3.05, 3.63) is 84.1 Å². The molecule has 5 rings (SSSR count). The van der Waals surface area contributed by atoms with Gasteiger partial charge in [0.2, 0.25) is 0 Å². The van der Waals surface area contributed by atoms with Crippen LogP contribution >= 0.6 is 0 Å². The van der Waals surface area contributed by atoms with Gasteiger partial charge in [0.25, 0.3) is 0 Å². The highest BCUT2D eigenvalue weighted by atomic mass is 19.4. The van der Waals surface area contributed by atoms with Gasteiger partial charge >= 0.3 is 24.3 Å². The summed E-state index contributed by atoms with van der Waals surface area (Å²) in [6.45, 7) is 3.91. The van der Waals surface area contributed by atoms with Gasteiger partial charge in [-0.25, -0.2) is 19.6 Å². The fourth-order valence-corrected chi connectivity index (χ4v) is 4.39. The molecule has 3 aromatic heterocycles. The van der Waals surface area contributed by atoms with Gasteiger partial charge in [0, 0.05) is 44.1 Å². The number of pyridine rings is 2. The minimum absolute atomic E-state index is 0.477. The van der Waals surface area contributed by atoms with Crippen LogP contribution in [0.5, 0.6) is 0 Å². The Bertz CT molecular complexity index is 1520. The van der Waals surface area contributed by atoms with E-state index < -0.39 is 24.3 Å². The van der Waals surface area contributed by atoms with E-state index in [0.717, 1.165) is 55.9 Å². The SMILES string of the molecule is Cn1cnc2c(NCc3ccccc3)nc(C3CCN(Cc4ccncc4)CC3)cc21.O=C(O)C(F)(F)F.O=C(O)C(F)(F)F. The molecule has 0 amide bonds. The Morgan fingerprint density at radius 2 is 1.47 bits per heavy atom. The predicted octanol–water partition coefficient (Wildman–Crippen LogP) is 5.62.